The first kappa shape index (κ1) is 14.3. The van der Waals surface area contributed by atoms with Crippen molar-refractivity contribution in [1.29, 1.82) is 0 Å². The highest BCUT2D eigenvalue weighted by Crippen LogP contribution is 2.06. The van der Waals surface area contributed by atoms with Gasteiger partial charge in [-0.3, -0.25) is 14.3 Å². The number of carbonyl (C=O) groups is 2. The topological polar surface area (TPSA) is 129 Å². The fraction of sp³-hybridized carbons (Fsp3) is 0.0769. The molecule has 3 N–H and O–H groups in total. The Bertz CT molecular complexity index is 819. The second-order valence-electron chi connectivity index (χ2n) is 4.16. The van der Waals surface area contributed by atoms with Crippen molar-refractivity contribution in [1.82, 2.24) is 9.55 Å². The molecule has 0 fully saturated rings. The van der Waals surface area contributed by atoms with E-state index in [-0.39, 0.29) is 6.54 Å². The normalized spacial score (nSPS) is 10.3. The summed E-state index contributed by atoms with van der Waals surface area (Å²) in [5, 5.41) is 18.1. The number of hydrogen-bond donors (Lipinski definition) is 3. The van der Waals surface area contributed by atoms with E-state index in [4.69, 9.17) is 10.2 Å². The van der Waals surface area contributed by atoms with Gasteiger partial charge >= 0.3 is 17.6 Å². The van der Waals surface area contributed by atoms with Gasteiger partial charge < -0.3 is 10.2 Å². The first-order valence-corrected chi connectivity index (χ1v) is 5.79. The predicted molar refractivity (Wildman–Crippen MR) is 70.8 cm³/mol. The van der Waals surface area contributed by atoms with E-state index >= 15 is 0 Å². The molecular formula is C13H10N2O6. The molecular weight excluding hydrogens is 280 g/mol. The number of carboxylic acid groups (broad SMARTS) is 2. The van der Waals surface area contributed by atoms with Crippen molar-refractivity contribution in [3.63, 3.8) is 0 Å². The third kappa shape index (κ3) is 2.73. The lowest BCUT2D eigenvalue weighted by molar-refractivity contribution is 0.0638. The molecule has 0 amide bonds. The maximum Gasteiger partial charge on any atom is 0.353 e. The molecule has 0 aliphatic heterocycles. The SMILES string of the molecule is O=C(O)c1c(C(=O)O)n(Cc2ccccc2)c(=O)[nH]c1=O. The number of aromatic carboxylic acids is 2. The molecule has 0 spiro atoms. The van der Waals surface area contributed by atoms with E-state index in [0.717, 1.165) is 0 Å². The Labute approximate surface area is 116 Å². The Morgan fingerprint density at radius 2 is 1.67 bits per heavy atom. The minimum absolute atomic E-state index is 0.168. The molecule has 0 atom stereocenters. The molecule has 8 heteroatoms. The third-order valence-corrected chi connectivity index (χ3v) is 2.80. The van der Waals surface area contributed by atoms with Crippen molar-refractivity contribution in [2.45, 2.75) is 6.54 Å². The summed E-state index contributed by atoms with van der Waals surface area (Å²) in [6, 6.07) is 8.39. The lowest BCUT2D eigenvalue weighted by Crippen LogP contribution is -2.39. The summed E-state index contributed by atoms with van der Waals surface area (Å²) in [6.45, 7) is -0.168. The minimum Gasteiger partial charge on any atom is -0.477 e. The minimum atomic E-state index is -1.71. The van der Waals surface area contributed by atoms with E-state index in [9.17, 15) is 19.2 Å². The van der Waals surface area contributed by atoms with Crippen LogP contribution in [0.25, 0.3) is 0 Å². The molecule has 0 unspecified atom stereocenters. The lowest BCUT2D eigenvalue weighted by atomic mass is 10.2. The van der Waals surface area contributed by atoms with E-state index in [1.165, 1.54) is 0 Å². The van der Waals surface area contributed by atoms with Crippen molar-refractivity contribution in [2.75, 3.05) is 0 Å². The van der Waals surface area contributed by atoms with E-state index in [2.05, 4.69) is 0 Å². The summed E-state index contributed by atoms with van der Waals surface area (Å²) in [6.07, 6.45) is 0. The van der Waals surface area contributed by atoms with Crippen molar-refractivity contribution in [2.24, 2.45) is 0 Å². The Morgan fingerprint density at radius 3 is 2.19 bits per heavy atom. The summed E-state index contributed by atoms with van der Waals surface area (Å²) in [7, 11) is 0. The molecule has 0 bridgehead atoms. The number of nitrogens with one attached hydrogen (secondary N) is 1. The van der Waals surface area contributed by atoms with Crippen LogP contribution in [0.4, 0.5) is 0 Å². The first-order valence-electron chi connectivity index (χ1n) is 5.79. The van der Waals surface area contributed by atoms with Crippen molar-refractivity contribution in [3.05, 3.63) is 68.0 Å². The number of hydrogen-bond acceptors (Lipinski definition) is 4. The Morgan fingerprint density at radius 1 is 1.05 bits per heavy atom. The Kier molecular flexibility index (Phi) is 3.70. The van der Waals surface area contributed by atoms with E-state index < -0.39 is 34.4 Å². The molecule has 1 aromatic carbocycles. The maximum absolute atomic E-state index is 11.8. The van der Waals surface area contributed by atoms with E-state index in [1.807, 2.05) is 4.98 Å². The van der Waals surface area contributed by atoms with Crippen LogP contribution in [-0.4, -0.2) is 31.7 Å². The van der Waals surface area contributed by atoms with Gasteiger partial charge in [0.2, 0.25) is 0 Å². The van der Waals surface area contributed by atoms with Crippen LogP contribution in [-0.2, 0) is 6.54 Å². The zero-order chi connectivity index (χ0) is 15.6. The van der Waals surface area contributed by atoms with Gasteiger partial charge in [-0.2, -0.15) is 0 Å². The fourth-order valence-corrected chi connectivity index (χ4v) is 1.91. The van der Waals surface area contributed by atoms with Crippen molar-refractivity contribution < 1.29 is 19.8 Å². The Hall–Kier alpha value is -3.16. The largest absolute Gasteiger partial charge is 0.477 e. The number of rotatable bonds is 4. The van der Waals surface area contributed by atoms with Crippen LogP contribution in [0.3, 0.4) is 0 Å². The summed E-state index contributed by atoms with van der Waals surface area (Å²) < 4.78 is 0.711. The first-order chi connectivity index (χ1) is 9.91. The van der Waals surface area contributed by atoms with E-state index in [0.29, 0.717) is 10.1 Å². The fourth-order valence-electron chi connectivity index (χ4n) is 1.91. The molecule has 2 aromatic rings. The number of nitrogens with zero attached hydrogens (tertiary/aromatic N) is 1. The van der Waals surface area contributed by atoms with Gasteiger partial charge in [0.15, 0.2) is 11.3 Å². The summed E-state index contributed by atoms with van der Waals surface area (Å²) in [5.74, 6) is -3.37. The molecule has 0 saturated carbocycles. The van der Waals surface area contributed by atoms with Gasteiger partial charge in [-0.1, -0.05) is 30.3 Å². The van der Waals surface area contributed by atoms with Crippen LogP contribution in [0.5, 0.6) is 0 Å². The standard InChI is InChI=1S/C13H10N2O6/c16-10-8(11(17)18)9(12(19)20)15(13(21)14-10)6-7-4-2-1-3-5-7/h1-5H,6H2,(H,17,18)(H,19,20)(H,14,16,21). The quantitative estimate of drug-likeness (QED) is 0.725. The number of carboxylic acids is 2. The van der Waals surface area contributed by atoms with Gasteiger partial charge in [0.05, 0.1) is 6.54 Å². The van der Waals surface area contributed by atoms with Crippen molar-refractivity contribution in [3.8, 4) is 0 Å². The highest BCUT2D eigenvalue weighted by molar-refractivity contribution is 6.00. The van der Waals surface area contributed by atoms with Gasteiger partial charge in [0.25, 0.3) is 5.56 Å². The molecule has 0 radical (unpaired) electrons. The highest BCUT2D eigenvalue weighted by Gasteiger charge is 2.25. The summed E-state index contributed by atoms with van der Waals surface area (Å²) >= 11 is 0. The molecule has 21 heavy (non-hydrogen) atoms. The predicted octanol–water partition coefficient (Wildman–Crippen LogP) is -0.0187. The number of benzene rings is 1. The van der Waals surface area contributed by atoms with Gasteiger partial charge in [-0.25, -0.2) is 14.4 Å². The average molecular weight is 290 g/mol. The van der Waals surface area contributed by atoms with Gasteiger partial charge in [-0.05, 0) is 5.56 Å². The monoisotopic (exact) mass is 290 g/mol. The average Bonchev–Trinajstić information content (AvgIpc) is 2.41. The number of aromatic amines is 1. The molecule has 8 nitrogen and oxygen atoms in total. The molecule has 0 aliphatic rings. The van der Waals surface area contributed by atoms with Crippen LogP contribution in [0.1, 0.15) is 26.4 Å². The molecule has 108 valence electrons. The second kappa shape index (κ2) is 5.45. The molecule has 0 aliphatic carbocycles. The number of H-pyrrole nitrogens is 1. The number of aromatic nitrogens is 2. The molecule has 1 heterocycles. The van der Waals surface area contributed by atoms with Crippen LogP contribution in [0.2, 0.25) is 0 Å². The molecule has 0 saturated heterocycles. The lowest BCUT2D eigenvalue weighted by Gasteiger charge is -2.11. The van der Waals surface area contributed by atoms with Crippen LogP contribution >= 0.6 is 0 Å². The van der Waals surface area contributed by atoms with Crippen LogP contribution < -0.4 is 11.2 Å². The van der Waals surface area contributed by atoms with E-state index in [1.54, 1.807) is 30.3 Å². The van der Waals surface area contributed by atoms with Crippen molar-refractivity contribution >= 4 is 11.9 Å². The Balaban J connectivity index is 2.73. The zero-order valence-electron chi connectivity index (χ0n) is 10.6. The zero-order valence-corrected chi connectivity index (χ0v) is 10.6. The summed E-state index contributed by atoms with van der Waals surface area (Å²) in [5.41, 5.74) is -3.45. The molecule has 1 aromatic heterocycles. The summed E-state index contributed by atoms with van der Waals surface area (Å²) in [4.78, 5) is 47.4. The molecule has 2 rings (SSSR count). The smallest absolute Gasteiger partial charge is 0.353 e. The van der Waals surface area contributed by atoms with Gasteiger partial charge in [-0.15, -0.1) is 0 Å². The van der Waals surface area contributed by atoms with Gasteiger partial charge in [0, 0.05) is 0 Å². The van der Waals surface area contributed by atoms with Crippen LogP contribution in [0, 0.1) is 0 Å². The maximum atomic E-state index is 11.8. The third-order valence-electron chi connectivity index (χ3n) is 2.80. The van der Waals surface area contributed by atoms with Crippen LogP contribution in [0.15, 0.2) is 39.9 Å². The van der Waals surface area contributed by atoms with Gasteiger partial charge in [0.1, 0.15) is 0 Å². The highest BCUT2D eigenvalue weighted by atomic mass is 16.4. The second-order valence-corrected chi connectivity index (χ2v) is 4.16.